The Morgan fingerprint density at radius 3 is 1.50 bits per heavy atom. The fraction of sp³-hybridized carbons (Fsp3) is 0.429. The van der Waals surface area contributed by atoms with Crippen molar-refractivity contribution < 1.29 is 54.1 Å². The molecule has 0 rings (SSSR count). The van der Waals surface area contributed by atoms with Gasteiger partial charge in [-0.3, -0.25) is 0 Å². The summed E-state index contributed by atoms with van der Waals surface area (Å²) in [4.78, 5) is 8.79. The summed E-state index contributed by atoms with van der Waals surface area (Å²) in [5, 5.41) is 0. The molecule has 0 fully saturated rings. The third-order valence-corrected chi connectivity index (χ3v) is 3.45. The van der Waals surface area contributed by atoms with E-state index in [-0.39, 0.29) is 12.2 Å². The monoisotopic (exact) mass is 456 g/mol. The first-order valence-electron chi connectivity index (χ1n) is 6.83. The highest BCUT2D eigenvalue weighted by atomic mass is 35.5. The Balaban J connectivity index is 4.97. The Labute approximate surface area is 161 Å². The molecule has 0 radical (unpaired) electrons. The molecule has 28 heavy (non-hydrogen) atoms. The molecule has 158 valence electrons. The molecule has 0 heterocycles. The number of alkyl halides is 6. The van der Waals surface area contributed by atoms with Gasteiger partial charge >= 0.3 is 20.2 Å². The maximum Gasteiger partial charge on any atom is 0.545 e. The van der Waals surface area contributed by atoms with Crippen molar-refractivity contribution in [2.75, 3.05) is 0 Å². The van der Waals surface area contributed by atoms with Crippen LogP contribution in [0, 0.1) is 24.7 Å². The molecule has 2 atom stereocenters. The number of terminal acetylenes is 2. The summed E-state index contributed by atoms with van der Waals surface area (Å²) in [5.41, 5.74) is 0. The predicted molar refractivity (Wildman–Crippen MR) is 83.8 cm³/mol. The molecular formula is C14H12ClF6O6P. The van der Waals surface area contributed by atoms with Gasteiger partial charge < -0.3 is 0 Å². The van der Waals surface area contributed by atoms with E-state index in [0.29, 0.717) is 12.2 Å². The van der Waals surface area contributed by atoms with Gasteiger partial charge in [-0.1, -0.05) is 0 Å². The van der Waals surface area contributed by atoms with Crippen molar-refractivity contribution in [3.8, 4) is 24.7 Å². The molecule has 6 nitrogen and oxygen atoms in total. The molecule has 0 saturated carbocycles. The van der Waals surface area contributed by atoms with Crippen LogP contribution < -0.4 is 0 Å². The second kappa shape index (κ2) is 12.1. The molecule has 0 aliphatic carbocycles. The lowest BCUT2D eigenvalue weighted by Crippen LogP contribution is -2.14. The van der Waals surface area contributed by atoms with E-state index in [4.69, 9.17) is 24.7 Å². The van der Waals surface area contributed by atoms with Gasteiger partial charge in [0.1, 0.15) is 12.2 Å². The molecular weight excluding hydrogens is 445 g/mol. The Morgan fingerprint density at radius 1 is 0.893 bits per heavy atom. The zero-order valence-electron chi connectivity index (χ0n) is 13.6. The lowest BCUT2D eigenvalue weighted by atomic mass is 10.2. The summed E-state index contributed by atoms with van der Waals surface area (Å²) >= 11 is 4.88. The number of hydrogen-bond donors (Lipinski definition) is 0. The average molecular weight is 457 g/mol. The van der Waals surface area contributed by atoms with Gasteiger partial charge in [-0.05, 0) is 12.2 Å². The van der Waals surface area contributed by atoms with Crippen molar-refractivity contribution in [2.45, 2.75) is 37.4 Å². The number of hydrogen-bond acceptors (Lipinski definition) is 6. The molecule has 0 aliphatic heterocycles. The van der Waals surface area contributed by atoms with E-state index in [9.17, 15) is 30.9 Å². The first-order valence-corrected chi connectivity index (χ1v) is 8.60. The fourth-order valence-corrected chi connectivity index (χ4v) is 1.83. The van der Waals surface area contributed by atoms with Crippen molar-refractivity contribution in [3.63, 3.8) is 0 Å². The molecule has 0 bridgehead atoms. The predicted octanol–water partition coefficient (Wildman–Crippen LogP) is 5.18. The summed E-state index contributed by atoms with van der Waals surface area (Å²) in [6.45, 7) is 0. The van der Waals surface area contributed by atoms with Crippen LogP contribution in [0.25, 0.3) is 0 Å². The Morgan fingerprint density at radius 2 is 1.25 bits per heavy atom. The quantitative estimate of drug-likeness (QED) is 0.107. The van der Waals surface area contributed by atoms with Crippen LogP contribution in [0.5, 0.6) is 0 Å². The number of halogens is 7. The van der Waals surface area contributed by atoms with Crippen LogP contribution in [0.1, 0.15) is 12.8 Å². The Hall–Kier alpha value is -1.50. The fourth-order valence-electron chi connectivity index (χ4n) is 1.18. The van der Waals surface area contributed by atoms with Crippen molar-refractivity contribution >= 4 is 19.7 Å². The summed E-state index contributed by atoms with van der Waals surface area (Å²) in [7, 11) is -4.93. The van der Waals surface area contributed by atoms with Crippen LogP contribution in [-0.2, 0) is 27.8 Å². The van der Waals surface area contributed by atoms with Gasteiger partial charge in [0.05, 0.1) is 11.9 Å². The van der Waals surface area contributed by atoms with Crippen LogP contribution >= 0.6 is 19.7 Å². The molecule has 0 aliphatic rings. The second-order valence-electron chi connectivity index (χ2n) is 4.55. The van der Waals surface area contributed by atoms with Gasteiger partial charge in [0.15, 0.2) is 0 Å². The molecule has 14 heteroatoms. The SMILES string of the molecule is C#CCC(/C=C/C(F)(F)F)OOP(=O)(OCl)OOC(/C=C/C(F)(F)F)CC#C. The minimum Gasteiger partial charge on any atom is -0.221 e. The number of allylic oxidation sites excluding steroid dienone is 2. The average Bonchev–Trinajstić information content (AvgIpc) is 2.58. The standard InChI is InChI=1S/C14H12ClF6O6P/c1-3-5-11(7-9-13(16,17)18)23-26-28(22,25-15)27-24-12(6-4-2)8-10-14(19,20)21/h1-2,7-12H,5-6H2/b9-7+,10-8+. The topological polar surface area (TPSA) is 63.2 Å². The van der Waals surface area contributed by atoms with E-state index < -0.39 is 45.2 Å². The lowest BCUT2D eigenvalue weighted by molar-refractivity contribution is -0.297. The first-order chi connectivity index (χ1) is 12.8. The van der Waals surface area contributed by atoms with Gasteiger partial charge in [-0.15, -0.1) is 34.0 Å². The summed E-state index contributed by atoms with van der Waals surface area (Å²) in [6, 6.07) is 0. The van der Waals surface area contributed by atoms with Gasteiger partial charge in [0.25, 0.3) is 0 Å². The summed E-state index contributed by atoms with van der Waals surface area (Å²) in [6.07, 6.45) is -3.12. The largest absolute Gasteiger partial charge is 0.545 e. The highest BCUT2D eigenvalue weighted by molar-refractivity contribution is 7.49. The lowest BCUT2D eigenvalue weighted by Gasteiger charge is -2.17. The molecule has 0 spiro atoms. The molecule has 0 N–H and O–H groups in total. The van der Waals surface area contributed by atoms with Crippen LogP contribution in [0.3, 0.4) is 0 Å². The summed E-state index contributed by atoms with van der Waals surface area (Å²) < 4.78 is 97.0. The van der Waals surface area contributed by atoms with Crippen molar-refractivity contribution in [1.82, 2.24) is 0 Å². The number of rotatable bonds is 11. The normalized spacial score (nSPS) is 17.2. The third kappa shape index (κ3) is 13.6. The zero-order chi connectivity index (χ0) is 21.8. The first kappa shape index (κ1) is 26.5. The van der Waals surface area contributed by atoms with Crippen LogP contribution in [-0.4, -0.2) is 24.6 Å². The maximum atomic E-state index is 12.2. The van der Waals surface area contributed by atoms with E-state index in [0.717, 1.165) is 0 Å². The third-order valence-electron chi connectivity index (χ3n) is 2.24. The van der Waals surface area contributed by atoms with Crippen LogP contribution in [0.15, 0.2) is 24.3 Å². The van der Waals surface area contributed by atoms with Crippen LogP contribution in [0.2, 0.25) is 0 Å². The van der Waals surface area contributed by atoms with Crippen molar-refractivity contribution in [3.05, 3.63) is 24.3 Å². The molecule has 0 amide bonds. The Bertz CT molecular complexity index is 611. The van der Waals surface area contributed by atoms with E-state index in [1.54, 1.807) is 0 Å². The second-order valence-corrected chi connectivity index (χ2v) is 6.30. The minimum absolute atomic E-state index is 0.229. The van der Waals surface area contributed by atoms with Gasteiger partial charge in [-0.25, -0.2) is 14.3 Å². The minimum atomic E-state index is -4.93. The van der Waals surface area contributed by atoms with Crippen LogP contribution in [0.4, 0.5) is 26.3 Å². The highest BCUT2D eigenvalue weighted by Gasteiger charge is 2.33. The van der Waals surface area contributed by atoms with E-state index in [2.05, 4.69) is 23.2 Å². The summed E-state index contributed by atoms with van der Waals surface area (Å²) in [5.74, 6) is 3.92. The van der Waals surface area contributed by atoms with Crippen molar-refractivity contribution in [2.24, 2.45) is 0 Å². The highest BCUT2D eigenvalue weighted by Crippen LogP contribution is 2.51. The molecule has 0 aromatic rings. The molecule has 0 saturated heterocycles. The smallest absolute Gasteiger partial charge is 0.221 e. The Kier molecular flexibility index (Phi) is 11.5. The molecule has 0 aromatic carbocycles. The van der Waals surface area contributed by atoms with Gasteiger partial charge in [0.2, 0.25) is 0 Å². The van der Waals surface area contributed by atoms with E-state index >= 15 is 0 Å². The van der Waals surface area contributed by atoms with Crippen molar-refractivity contribution in [1.29, 1.82) is 0 Å². The van der Waals surface area contributed by atoms with E-state index in [1.165, 1.54) is 0 Å². The van der Waals surface area contributed by atoms with E-state index in [1.807, 2.05) is 11.8 Å². The van der Waals surface area contributed by atoms with Gasteiger partial charge in [-0.2, -0.15) is 30.4 Å². The molecule has 0 aromatic heterocycles. The number of phosphoric acid groups is 1. The molecule has 2 unspecified atom stereocenters. The zero-order valence-corrected chi connectivity index (χ0v) is 15.2. The van der Waals surface area contributed by atoms with Gasteiger partial charge in [0, 0.05) is 25.0 Å². The maximum absolute atomic E-state index is 12.2.